The number of aromatic carboxylic acids is 1. The molecule has 0 saturated carbocycles. The van der Waals surface area contributed by atoms with E-state index >= 15 is 0 Å². The van der Waals surface area contributed by atoms with Crippen LogP contribution in [0.4, 0.5) is 11.4 Å². The van der Waals surface area contributed by atoms with Crippen molar-refractivity contribution in [3.63, 3.8) is 0 Å². The molecule has 2 N–H and O–H groups in total. The second-order valence-electron chi connectivity index (χ2n) is 8.35. The maximum atomic E-state index is 12.4. The van der Waals surface area contributed by atoms with Crippen LogP contribution in [0.1, 0.15) is 10.4 Å². The van der Waals surface area contributed by atoms with E-state index in [9.17, 15) is 14.7 Å². The zero-order chi connectivity index (χ0) is 24.6. The lowest BCUT2D eigenvalue weighted by atomic mass is 9.90. The number of carbonyl (C=O) groups excluding carboxylic acids is 1. The third-order valence-electron chi connectivity index (χ3n) is 5.65. The quantitative estimate of drug-likeness (QED) is 0.161. The van der Waals surface area contributed by atoms with Crippen LogP contribution in [-0.2, 0) is 4.79 Å². The van der Waals surface area contributed by atoms with Crippen molar-refractivity contribution in [2.45, 2.75) is 0 Å². The second kappa shape index (κ2) is 9.46. The first-order valence-corrected chi connectivity index (χ1v) is 12.1. The van der Waals surface area contributed by atoms with E-state index in [2.05, 4.69) is 5.32 Å². The molecule has 0 unspecified atom stereocenters. The number of fused-ring (bicyclic) bond motifs is 2. The number of amides is 1. The van der Waals surface area contributed by atoms with Gasteiger partial charge in [-0.3, -0.25) is 4.79 Å². The third kappa shape index (κ3) is 4.37. The Kier molecular flexibility index (Phi) is 6.60. The SMILES string of the molecule is CN(C)c1cc(NC(=O)CI)c2c(-c3ccccc3C(=O)O)c3ccc(=[N+](C)C)cc-3oc2c1. The van der Waals surface area contributed by atoms with Gasteiger partial charge >= 0.3 is 5.97 Å². The summed E-state index contributed by atoms with van der Waals surface area (Å²) in [6.07, 6.45) is 0. The molecule has 8 heteroatoms. The maximum absolute atomic E-state index is 12.4. The van der Waals surface area contributed by atoms with Crippen molar-refractivity contribution in [2.75, 3.05) is 42.8 Å². The minimum Gasteiger partial charge on any atom is -0.478 e. The number of carboxylic acid groups (broad SMARTS) is 1. The predicted octanol–water partition coefficient (Wildman–Crippen LogP) is 4.37. The molecule has 1 amide bonds. The molecule has 1 heterocycles. The molecule has 0 spiro atoms. The summed E-state index contributed by atoms with van der Waals surface area (Å²) < 4.78 is 8.65. The maximum Gasteiger partial charge on any atom is 0.336 e. The molecule has 0 aromatic heterocycles. The number of halogens is 1. The van der Waals surface area contributed by atoms with E-state index in [1.807, 2.05) is 96.7 Å². The van der Waals surface area contributed by atoms with Gasteiger partial charge in [-0.25, -0.2) is 9.37 Å². The Balaban J connectivity index is 2.25. The first kappa shape index (κ1) is 23.7. The van der Waals surface area contributed by atoms with Crippen molar-refractivity contribution in [2.24, 2.45) is 0 Å². The van der Waals surface area contributed by atoms with Crippen LogP contribution in [0, 0.1) is 0 Å². The van der Waals surface area contributed by atoms with E-state index in [0.717, 1.165) is 16.6 Å². The number of carboxylic acids is 1. The summed E-state index contributed by atoms with van der Waals surface area (Å²) in [4.78, 5) is 26.5. The Morgan fingerprint density at radius 2 is 1.79 bits per heavy atom. The predicted molar refractivity (Wildman–Crippen MR) is 144 cm³/mol. The van der Waals surface area contributed by atoms with Gasteiger partial charge < -0.3 is 19.7 Å². The Morgan fingerprint density at radius 3 is 2.44 bits per heavy atom. The number of nitrogens with one attached hydrogen (secondary N) is 1. The van der Waals surface area contributed by atoms with E-state index in [1.165, 1.54) is 0 Å². The molecule has 2 aromatic carbocycles. The Morgan fingerprint density at radius 1 is 1.06 bits per heavy atom. The van der Waals surface area contributed by atoms with Gasteiger partial charge in [-0.2, -0.15) is 0 Å². The number of nitrogens with zero attached hydrogens (tertiary/aromatic N) is 2. The third-order valence-corrected chi connectivity index (χ3v) is 6.34. The molecule has 174 valence electrons. The minimum absolute atomic E-state index is 0.154. The molecule has 7 nitrogen and oxygen atoms in total. The van der Waals surface area contributed by atoms with E-state index in [1.54, 1.807) is 18.2 Å². The lowest BCUT2D eigenvalue weighted by molar-refractivity contribution is -0.113. The molecular weight excluding hydrogens is 545 g/mol. The van der Waals surface area contributed by atoms with Gasteiger partial charge in [0.05, 0.1) is 21.7 Å². The molecule has 0 saturated heterocycles. The highest BCUT2D eigenvalue weighted by Crippen LogP contribution is 2.45. The lowest BCUT2D eigenvalue weighted by Gasteiger charge is -2.21. The first-order valence-electron chi connectivity index (χ1n) is 10.6. The average Bonchev–Trinajstić information content (AvgIpc) is 2.81. The average molecular weight is 570 g/mol. The molecule has 0 atom stereocenters. The molecule has 1 aliphatic heterocycles. The second-order valence-corrected chi connectivity index (χ2v) is 9.11. The van der Waals surface area contributed by atoms with Crippen LogP contribution >= 0.6 is 22.6 Å². The van der Waals surface area contributed by atoms with Crippen molar-refractivity contribution in [1.82, 2.24) is 4.58 Å². The molecule has 1 aliphatic carbocycles. The van der Waals surface area contributed by atoms with E-state index < -0.39 is 5.97 Å². The minimum atomic E-state index is -1.02. The van der Waals surface area contributed by atoms with Gasteiger partial charge in [0.2, 0.25) is 11.3 Å². The van der Waals surface area contributed by atoms with Gasteiger partial charge in [0.25, 0.3) is 0 Å². The molecule has 0 bridgehead atoms. The molecular formula is C26H25IN3O4+. The van der Waals surface area contributed by atoms with Crippen molar-refractivity contribution in [3.8, 4) is 22.5 Å². The Labute approximate surface area is 210 Å². The molecule has 2 aliphatic rings. The highest BCUT2D eigenvalue weighted by Gasteiger charge is 2.24. The Hall–Kier alpha value is -3.40. The van der Waals surface area contributed by atoms with Gasteiger partial charge in [-0.1, -0.05) is 40.8 Å². The van der Waals surface area contributed by atoms with E-state index in [0.29, 0.717) is 33.5 Å². The zero-order valence-corrected chi connectivity index (χ0v) is 21.5. The van der Waals surface area contributed by atoms with Crippen molar-refractivity contribution < 1.29 is 19.1 Å². The molecule has 2 aromatic rings. The van der Waals surface area contributed by atoms with Crippen LogP contribution in [0.2, 0.25) is 0 Å². The summed E-state index contributed by atoms with van der Waals surface area (Å²) >= 11 is 2.02. The lowest BCUT2D eigenvalue weighted by Crippen LogP contribution is -2.21. The summed E-state index contributed by atoms with van der Waals surface area (Å²) in [6.45, 7) is 0. The number of benzene rings is 3. The fourth-order valence-electron chi connectivity index (χ4n) is 3.98. The smallest absolute Gasteiger partial charge is 0.336 e. The number of hydrogen-bond donors (Lipinski definition) is 2. The van der Waals surface area contributed by atoms with Crippen molar-refractivity contribution >= 4 is 56.8 Å². The number of hydrogen-bond acceptors (Lipinski definition) is 4. The Bertz CT molecular complexity index is 1470. The standard InChI is InChI=1S/C26H24IN3O4/c1-29(2)15-9-10-19-21(12-15)34-22-13-16(30(3)4)11-20(28-23(31)14-27)25(22)24(19)17-7-5-6-8-18(17)26(32)33/h5-13H,14H2,1-4H3,(H,32,33)/p+1. The highest BCUT2D eigenvalue weighted by atomic mass is 127. The van der Waals surface area contributed by atoms with E-state index in [-0.39, 0.29) is 15.9 Å². The molecule has 4 rings (SSSR count). The fourth-order valence-corrected chi connectivity index (χ4v) is 4.17. The summed E-state index contributed by atoms with van der Waals surface area (Å²) in [5.74, 6) is -0.556. The van der Waals surface area contributed by atoms with Crippen molar-refractivity contribution in [3.05, 3.63) is 65.5 Å². The summed E-state index contributed by atoms with van der Waals surface area (Å²) in [5, 5.41) is 14.6. The first-order chi connectivity index (χ1) is 16.2. The normalized spacial score (nSPS) is 11.0. The number of anilines is 2. The highest BCUT2D eigenvalue weighted by molar-refractivity contribution is 14.1. The summed E-state index contributed by atoms with van der Waals surface area (Å²) in [5.41, 5.74) is 4.16. The number of carbonyl (C=O) groups is 2. The van der Waals surface area contributed by atoms with Crippen LogP contribution in [0.15, 0.2) is 59.0 Å². The monoisotopic (exact) mass is 570 g/mol. The van der Waals surface area contributed by atoms with Crippen LogP contribution in [0.5, 0.6) is 0 Å². The largest absolute Gasteiger partial charge is 0.478 e. The molecule has 0 fully saturated rings. The fraction of sp³-hybridized carbons (Fsp3) is 0.192. The summed E-state index contributed by atoms with van der Waals surface area (Å²) in [7, 11) is 7.73. The number of rotatable bonds is 5. The van der Waals surface area contributed by atoms with Gasteiger partial charge in [-0.15, -0.1) is 0 Å². The summed E-state index contributed by atoms with van der Waals surface area (Å²) in [6, 6.07) is 16.5. The van der Waals surface area contributed by atoms with Crippen LogP contribution in [0.25, 0.3) is 33.4 Å². The van der Waals surface area contributed by atoms with E-state index in [4.69, 9.17) is 4.42 Å². The van der Waals surface area contributed by atoms with Crippen LogP contribution in [0.3, 0.4) is 0 Å². The van der Waals surface area contributed by atoms with Gasteiger partial charge in [-0.05, 0) is 23.8 Å². The zero-order valence-electron chi connectivity index (χ0n) is 19.3. The molecule has 0 radical (unpaired) electrons. The van der Waals surface area contributed by atoms with Gasteiger partial charge in [0, 0.05) is 48.4 Å². The van der Waals surface area contributed by atoms with Gasteiger partial charge in [0.1, 0.15) is 25.4 Å². The van der Waals surface area contributed by atoms with Crippen molar-refractivity contribution in [1.29, 1.82) is 0 Å². The van der Waals surface area contributed by atoms with Crippen LogP contribution < -0.4 is 20.1 Å². The van der Waals surface area contributed by atoms with Crippen LogP contribution in [-0.4, -0.2) is 49.6 Å². The topological polar surface area (TPSA) is 85.8 Å². The number of alkyl halides is 1. The molecule has 34 heavy (non-hydrogen) atoms. The van der Waals surface area contributed by atoms with Gasteiger partial charge in [0.15, 0.2) is 0 Å².